The molecule has 0 spiro atoms. The van der Waals surface area contributed by atoms with E-state index in [9.17, 15) is 37.1 Å². The van der Waals surface area contributed by atoms with Gasteiger partial charge in [0.15, 0.2) is 0 Å². The number of aliphatic imine (C=N–C) groups is 1. The standard InChI is InChI=1S/C23H18N6O.C22H21N5O.C21H19N5O.C20H20N6O.C19H14F3N5O/c1-12-17(10-27-20-3-2-4-26-22(12)20)13-5-14-8-21(28-11-18(14)19(25)7-13)29-23(30)16-6-15(16)9-24;1-27(2)20-6-4-3-5-16(20)13-7-14-10-21(25-12-18(14)19(24)9-13)26-22(28)17-8-15(17)11-23;1-12-3-4-26(2)19(5-12)14-6-13-9-20(24-11-17(13)18(23)8-14)25-21(27)16-7-15(16)10-22;1-3-17-19(10(2)25-26-17)12-4-11-7-18(23-9-15(11)16(22)6-12)24-20(27)14-5-13(14)8-21;20-19(21,22)17-12(1-2-25-17)9-3-10-6-16(26-8-14(10)15(24)5-9)27-18(28)13-4-11(13)7-23/h2-5,7-8,10-11,15-16H,6,25H2,1H3,(H,28,29,30);3-7,9-10,12,15,17H,8,24H2,1-2H3,(H,25,26,28);3-6,8-9,11,15-16H,1,7,23H2,2H3,(H,24,25,27);4,6-7,9,13-14H,3,5,22H2,1-2H3,(H,25,26)(H,23,24,27);1,3,5-6,8,11,13H,2,4,24H2,(H,26,27,28)/t15-,16+;15-,17+;15-,16+;13-,14+;11-,13+/m00110/s1. The number of carbonyl (C=O) groups is 5. The minimum atomic E-state index is -4.55. The van der Waals surface area contributed by atoms with E-state index in [1.165, 1.54) is 18.3 Å². The molecule has 35 heteroatoms. The Morgan fingerprint density at radius 1 is 0.493 bits per heavy atom. The summed E-state index contributed by atoms with van der Waals surface area (Å²) in [6.45, 7) is 10.0. The molecule has 14 aromatic rings. The fourth-order valence-corrected chi connectivity index (χ4v) is 17.2. The molecule has 2 aliphatic heterocycles. The predicted molar refractivity (Wildman–Crippen MR) is 535 cm³/mol. The third kappa shape index (κ3) is 20.2. The van der Waals surface area contributed by atoms with Crippen molar-refractivity contribution in [2.24, 2.45) is 64.2 Å². The topological polar surface area (TPSA) is 532 Å². The molecule has 10 atom stereocenters. The molecule has 698 valence electrons. The fraction of sp³-hybridized carbons (Fsp3) is 0.229. The number of allylic oxidation sites excluding steroid dienone is 4. The van der Waals surface area contributed by atoms with Gasteiger partial charge in [0.2, 0.25) is 29.5 Å². The molecule has 0 bridgehead atoms. The molecule has 5 amide bonds. The molecule has 0 radical (unpaired) electrons. The van der Waals surface area contributed by atoms with Crippen molar-refractivity contribution in [3.8, 4) is 63.7 Å². The Balaban J connectivity index is 0.000000121. The van der Waals surface area contributed by atoms with Gasteiger partial charge in [-0.25, -0.2) is 24.9 Å². The largest absolute Gasteiger partial charge is 0.433 e. The summed E-state index contributed by atoms with van der Waals surface area (Å²) in [5.41, 5.74) is 47.9. The molecule has 5 saturated carbocycles. The summed E-state index contributed by atoms with van der Waals surface area (Å²) in [6.07, 6.45) is 18.3. The third-order valence-corrected chi connectivity index (χ3v) is 25.5. The zero-order chi connectivity index (χ0) is 99.0. The van der Waals surface area contributed by atoms with Gasteiger partial charge in [0.05, 0.1) is 113 Å². The summed E-state index contributed by atoms with van der Waals surface area (Å²) in [6, 6.07) is 50.2. The number of nitriles is 5. The number of carbonyl (C=O) groups excluding carboxylic acids is 5. The second-order valence-corrected chi connectivity index (χ2v) is 35.6. The number of aromatic amines is 1. The van der Waals surface area contributed by atoms with Crippen molar-refractivity contribution in [2.75, 3.05) is 87.8 Å². The van der Waals surface area contributed by atoms with E-state index < -0.39 is 11.9 Å². The number of halogens is 3. The van der Waals surface area contributed by atoms with Gasteiger partial charge >= 0.3 is 6.18 Å². The Bertz CT molecular complexity index is 7880. The van der Waals surface area contributed by atoms with Crippen LogP contribution in [0, 0.1) is 130 Å². The number of benzene rings is 6. The monoisotopic (exact) mass is 1870 g/mol. The predicted octanol–water partition coefficient (Wildman–Crippen LogP) is 17.2. The first-order valence-electron chi connectivity index (χ1n) is 44.9. The highest BCUT2D eigenvalue weighted by atomic mass is 19.4. The van der Waals surface area contributed by atoms with Crippen LogP contribution in [0.1, 0.15) is 67.1 Å². The van der Waals surface area contributed by atoms with E-state index >= 15 is 0 Å². The molecular formula is C105H92F3N27O5. The summed E-state index contributed by atoms with van der Waals surface area (Å²) < 4.78 is 39.5. The quantitative estimate of drug-likeness (QED) is 0.0377. The zero-order valence-electron chi connectivity index (χ0n) is 76.6. The van der Waals surface area contributed by atoms with Crippen LogP contribution in [0.4, 0.5) is 76.4 Å². The van der Waals surface area contributed by atoms with Crippen molar-refractivity contribution in [3.63, 3.8) is 0 Å². The minimum Gasteiger partial charge on any atom is -0.398 e. The van der Waals surface area contributed by atoms with Gasteiger partial charge in [-0.1, -0.05) is 37.8 Å². The molecule has 0 saturated heterocycles. The first kappa shape index (κ1) is 93.8. The highest BCUT2D eigenvalue weighted by Gasteiger charge is 2.47. The van der Waals surface area contributed by atoms with E-state index in [-0.39, 0.29) is 112 Å². The van der Waals surface area contributed by atoms with Gasteiger partial charge in [-0.2, -0.15) is 44.6 Å². The van der Waals surface area contributed by atoms with Crippen LogP contribution >= 0.6 is 0 Å². The van der Waals surface area contributed by atoms with Gasteiger partial charge < -0.3 is 65.1 Å². The van der Waals surface area contributed by atoms with Gasteiger partial charge in [0, 0.05) is 171 Å². The number of pyridine rings is 7. The van der Waals surface area contributed by atoms with Crippen LogP contribution in [-0.2, 0) is 30.4 Å². The van der Waals surface area contributed by atoms with Crippen molar-refractivity contribution in [1.29, 1.82) is 26.3 Å². The molecule has 7 aliphatic rings. The van der Waals surface area contributed by atoms with Crippen LogP contribution in [0.2, 0.25) is 0 Å². The van der Waals surface area contributed by atoms with Gasteiger partial charge in [0.25, 0.3) is 0 Å². The number of rotatable bonds is 17. The van der Waals surface area contributed by atoms with Gasteiger partial charge in [0.1, 0.15) is 34.8 Å². The Labute approximate surface area is 800 Å². The molecule has 6 aromatic carbocycles. The number of hydrogen-bond donors (Lipinski definition) is 11. The first-order valence-corrected chi connectivity index (χ1v) is 44.9. The summed E-state index contributed by atoms with van der Waals surface area (Å²) in [5.74, 6) is -1.14. The molecule has 5 aliphatic carbocycles. The summed E-state index contributed by atoms with van der Waals surface area (Å²) in [5, 5.41) is 73.6. The normalized spacial score (nSPS) is 19.1. The average Bonchev–Trinajstić information content (AvgIpc) is 1.33. The highest BCUT2D eigenvalue weighted by molar-refractivity contribution is 6.28. The van der Waals surface area contributed by atoms with Gasteiger partial charge in [-0.15, -0.1) is 0 Å². The maximum Gasteiger partial charge on any atom is 0.433 e. The molecule has 16 N–H and O–H groups in total. The minimum absolute atomic E-state index is 0.0154. The number of nitrogen functional groups attached to an aromatic ring is 5. The summed E-state index contributed by atoms with van der Waals surface area (Å²) in [7, 11) is 5.98. The van der Waals surface area contributed by atoms with E-state index in [1.54, 1.807) is 49.2 Å². The lowest BCUT2D eigenvalue weighted by Gasteiger charge is -2.23. The summed E-state index contributed by atoms with van der Waals surface area (Å²) in [4.78, 5) is 98.9. The number of nitrogens with one attached hydrogen (secondary N) is 6. The van der Waals surface area contributed by atoms with Crippen molar-refractivity contribution < 1.29 is 37.1 Å². The second-order valence-electron chi connectivity index (χ2n) is 35.6. The maximum atomic E-state index is 13.2. The molecule has 140 heavy (non-hydrogen) atoms. The molecule has 8 aromatic heterocycles. The number of fused-ring (bicyclic) bond motifs is 6. The smallest absolute Gasteiger partial charge is 0.398 e. The number of alkyl halides is 3. The highest BCUT2D eigenvalue weighted by Crippen LogP contribution is 2.46. The Morgan fingerprint density at radius 3 is 1.27 bits per heavy atom. The van der Waals surface area contributed by atoms with Crippen LogP contribution in [0.3, 0.4) is 0 Å². The van der Waals surface area contributed by atoms with Crippen molar-refractivity contribution in [1.82, 2.24) is 50.0 Å². The van der Waals surface area contributed by atoms with E-state index in [1.807, 2.05) is 155 Å². The van der Waals surface area contributed by atoms with Crippen LogP contribution in [0.5, 0.6) is 0 Å². The fourth-order valence-electron chi connectivity index (χ4n) is 17.2. The Morgan fingerprint density at radius 2 is 0.871 bits per heavy atom. The number of nitrogens with zero attached hydrogens (tertiary/aromatic N) is 16. The number of hydrogen-bond acceptors (Lipinski definition) is 26. The van der Waals surface area contributed by atoms with Crippen LogP contribution in [0.15, 0.2) is 212 Å². The van der Waals surface area contributed by atoms with Crippen molar-refractivity contribution in [3.05, 3.63) is 235 Å². The lowest BCUT2D eigenvalue weighted by Crippen LogP contribution is -2.22. The van der Waals surface area contributed by atoms with Crippen molar-refractivity contribution in [2.45, 2.75) is 65.5 Å². The van der Waals surface area contributed by atoms with Crippen molar-refractivity contribution >= 4 is 175 Å². The van der Waals surface area contributed by atoms with Crippen LogP contribution < -0.4 is 60.2 Å². The lowest BCUT2D eigenvalue weighted by atomic mass is 9.98. The molecule has 21 rings (SSSR count). The maximum absolute atomic E-state index is 13.2. The molecule has 5 fully saturated rings. The number of H-pyrrole nitrogens is 1. The number of nitrogens with two attached hydrogens (primary N) is 5. The molecule has 32 nitrogen and oxygen atoms in total. The lowest BCUT2D eigenvalue weighted by molar-refractivity contribution is -0.118. The third-order valence-electron chi connectivity index (χ3n) is 25.5. The van der Waals surface area contributed by atoms with E-state index in [0.717, 1.165) is 133 Å². The number of anilines is 11. The molecule has 0 unspecified atom stereocenters. The van der Waals surface area contributed by atoms with Gasteiger partial charge in [-0.3, -0.25) is 44.0 Å². The molecular weight excluding hydrogens is 1780 g/mol. The zero-order valence-corrected chi connectivity index (χ0v) is 76.6. The Kier molecular flexibility index (Phi) is 25.9. The van der Waals surface area contributed by atoms with Crippen LogP contribution in [-0.4, -0.2) is 119 Å². The number of para-hydroxylation sites is 1. The van der Waals surface area contributed by atoms with E-state index in [4.69, 9.17) is 55.0 Å². The Hall–Kier alpha value is -18.0. The van der Waals surface area contributed by atoms with E-state index in [0.29, 0.717) is 94.5 Å². The first-order chi connectivity index (χ1) is 67.3. The number of aromatic nitrogens is 9. The van der Waals surface area contributed by atoms with Gasteiger partial charge in [-0.05, 0) is 234 Å². The number of aryl methyl sites for hydroxylation is 3. The van der Waals surface area contributed by atoms with Crippen LogP contribution in [0.25, 0.3) is 110 Å². The van der Waals surface area contributed by atoms with E-state index in [2.05, 4.69) is 138 Å². The SMILES string of the molecule is C=C1C=CN(C)C(c2cc(N)c3cnc(NC(=O)[C@H]4C[C@@H]4C#N)cc3c2)=C1.CCc1n[nH]c(C)c1-c1cc(N)c2cnc(NC(=O)[C@H]3C[C@@H]3C#N)cc2c1.CN(C)c1ccccc1-c1cc(N)c2cnc(NC(=O)[C@@H]3C[C@H]3C#N)cc2c1.Cc1c(-c2cc(N)c3cnc(NC(=O)[C@@H]4C[C@H]4C#N)cc3c2)cnc2cccnc12.N#C[C@@H]1C[C@H]1C(=O)Nc1cc2cc(C3=CCN=C3C(F)(F)F)cc(N)c2cn1. The second kappa shape index (κ2) is 38.7. The molecule has 10 heterocycles. The number of amides is 5. The summed E-state index contributed by atoms with van der Waals surface area (Å²) >= 11 is 0. The average molecular weight is 1870 g/mol.